The summed E-state index contributed by atoms with van der Waals surface area (Å²) in [6.07, 6.45) is 1.79. The Kier molecular flexibility index (Phi) is 10.3. The largest absolute Gasteiger partial charge is 0.573 e. The Morgan fingerprint density at radius 1 is 1.11 bits per heavy atom. The number of hydrogen-bond acceptors (Lipinski definition) is 9. The fraction of sp³-hybridized carbons (Fsp3) is 0.391. The standard InChI is InChI=1S/C23H27F3N6O4S/c1-35-12-11-27-21(34)22-32-31-20(37-22)8-3-2-6-16-9-10-18(30-29-16)28-19(33)14-15-5-4-7-17(13-15)36-23(24,25)26/h4-5,7,9-10,13,29-30H,2-3,6,8,11-12,14H2,1H3,(H,27,34)(H,28,33). The first-order valence-corrected chi connectivity index (χ1v) is 12.2. The Labute approximate surface area is 215 Å². The number of carbonyl (C=O) groups excluding carboxylic acids is 2. The summed E-state index contributed by atoms with van der Waals surface area (Å²) in [6, 6.07) is 5.28. The lowest BCUT2D eigenvalue weighted by atomic mass is 10.1. The number of alkyl halides is 3. The average Bonchev–Trinajstić information content (AvgIpc) is 3.31. The number of nitrogens with one attached hydrogen (secondary N) is 4. The second kappa shape index (κ2) is 13.6. The van der Waals surface area contributed by atoms with Gasteiger partial charge in [0.25, 0.3) is 5.91 Å². The molecule has 37 heavy (non-hydrogen) atoms. The number of allylic oxidation sites excluding steroid dienone is 3. The number of hydrogen-bond donors (Lipinski definition) is 4. The predicted molar refractivity (Wildman–Crippen MR) is 129 cm³/mol. The Morgan fingerprint density at radius 2 is 1.92 bits per heavy atom. The number of halogens is 3. The second-order valence-corrected chi connectivity index (χ2v) is 8.96. The van der Waals surface area contributed by atoms with Crippen LogP contribution in [-0.4, -0.2) is 48.6 Å². The first kappa shape index (κ1) is 27.9. The third kappa shape index (κ3) is 10.1. The lowest BCUT2D eigenvalue weighted by Crippen LogP contribution is -2.41. The molecule has 3 rings (SSSR count). The summed E-state index contributed by atoms with van der Waals surface area (Å²) >= 11 is 1.27. The van der Waals surface area contributed by atoms with Crippen LogP contribution in [0.5, 0.6) is 5.75 Å². The van der Waals surface area contributed by atoms with Crippen LogP contribution in [0.25, 0.3) is 0 Å². The van der Waals surface area contributed by atoms with Gasteiger partial charge in [0.15, 0.2) is 0 Å². The van der Waals surface area contributed by atoms with Crippen molar-refractivity contribution in [1.82, 2.24) is 31.7 Å². The third-order valence-corrected chi connectivity index (χ3v) is 5.90. The summed E-state index contributed by atoms with van der Waals surface area (Å²) < 4.78 is 45.9. The minimum Gasteiger partial charge on any atom is -0.406 e. The van der Waals surface area contributed by atoms with Crippen molar-refractivity contribution in [2.75, 3.05) is 20.3 Å². The fourth-order valence-corrected chi connectivity index (χ4v) is 4.04. The maximum Gasteiger partial charge on any atom is 0.573 e. The molecule has 2 heterocycles. The highest BCUT2D eigenvalue weighted by Gasteiger charge is 2.31. The normalized spacial score (nSPS) is 13.1. The number of aromatic nitrogens is 2. The fourth-order valence-electron chi connectivity index (χ4n) is 3.25. The Hall–Kier alpha value is -3.65. The summed E-state index contributed by atoms with van der Waals surface area (Å²) in [5.41, 5.74) is 7.20. The molecule has 200 valence electrons. The van der Waals surface area contributed by atoms with Crippen LogP contribution in [0, 0.1) is 0 Å². The summed E-state index contributed by atoms with van der Waals surface area (Å²) in [7, 11) is 1.56. The molecule has 10 nitrogen and oxygen atoms in total. The topological polar surface area (TPSA) is 127 Å². The summed E-state index contributed by atoms with van der Waals surface area (Å²) in [5, 5.41) is 14.5. The van der Waals surface area contributed by atoms with Crippen molar-refractivity contribution in [3.63, 3.8) is 0 Å². The van der Waals surface area contributed by atoms with Gasteiger partial charge in [0.2, 0.25) is 10.9 Å². The molecule has 2 amide bonds. The van der Waals surface area contributed by atoms with Gasteiger partial charge in [-0.2, -0.15) is 0 Å². The first-order chi connectivity index (χ1) is 17.7. The van der Waals surface area contributed by atoms with Gasteiger partial charge in [0.1, 0.15) is 16.6 Å². The Balaban J connectivity index is 1.37. The van der Waals surface area contributed by atoms with Crippen molar-refractivity contribution in [3.8, 4) is 5.75 Å². The van der Waals surface area contributed by atoms with E-state index in [9.17, 15) is 22.8 Å². The minimum absolute atomic E-state index is 0.118. The molecule has 0 aliphatic carbocycles. The molecule has 14 heteroatoms. The van der Waals surface area contributed by atoms with Gasteiger partial charge in [0.05, 0.1) is 13.0 Å². The van der Waals surface area contributed by atoms with Gasteiger partial charge in [-0.25, -0.2) is 0 Å². The highest BCUT2D eigenvalue weighted by atomic mass is 32.1. The number of benzene rings is 1. The number of amides is 2. The predicted octanol–water partition coefficient (Wildman–Crippen LogP) is 2.72. The van der Waals surface area contributed by atoms with Gasteiger partial charge in [-0.1, -0.05) is 23.5 Å². The number of carbonyl (C=O) groups is 2. The van der Waals surface area contributed by atoms with E-state index in [1.54, 1.807) is 19.3 Å². The van der Waals surface area contributed by atoms with Crippen LogP contribution in [0.4, 0.5) is 13.2 Å². The molecular weight excluding hydrogens is 513 g/mol. The van der Waals surface area contributed by atoms with E-state index in [2.05, 4.69) is 36.4 Å². The van der Waals surface area contributed by atoms with Gasteiger partial charge in [-0.3, -0.25) is 15.0 Å². The van der Waals surface area contributed by atoms with E-state index in [1.165, 1.54) is 29.5 Å². The summed E-state index contributed by atoms with van der Waals surface area (Å²) in [6.45, 7) is 0.840. The lowest BCUT2D eigenvalue weighted by molar-refractivity contribution is -0.274. The van der Waals surface area contributed by atoms with Crippen LogP contribution < -0.4 is 26.2 Å². The third-order valence-electron chi connectivity index (χ3n) is 4.92. The molecule has 1 aliphatic heterocycles. The van der Waals surface area contributed by atoms with Crippen LogP contribution in [-0.2, 0) is 22.4 Å². The molecular formula is C23H27F3N6O4S. The zero-order chi connectivity index (χ0) is 26.7. The second-order valence-electron chi connectivity index (χ2n) is 7.90. The van der Waals surface area contributed by atoms with Crippen LogP contribution in [0.1, 0.15) is 39.6 Å². The van der Waals surface area contributed by atoms with Gasteiger partial charge in [-0.05, 0) is 49.1 Å². The first-order valence-electron chi connectivity index (χ1n) is 11.4. The number of hydrazine groups is 1. The van der Waals surface area contributed by atoms with Crippen LogP contribution in [0.3, 0.4) is 0 Å². The van der Waals surface area contributed by atoms with E-state index >= 15 is 0 Å². The minimum atomic E-state index is -4.79. The molecule has 1 aromatic carbocycles. The highest BCUT2D eigenvalue weighted by molar-refractivity contribution is 7.13. The molecule has 0 fully saturated rings. The SMILES string of the molecule is COCCNC(=O)c1nnc(CCCCC2=CC=C(NC(=O)Cc3cccc(OC(F)(F)F)c3)NN2)s1. The van der Waals surface area contributed by atoms with E-state index in [0.29, 0.717) is 36.0 Å². The molecule has 0 saturated carbocycles. The number of aryl methyl sites for hydroxylation is 1. The van der Waals surface area contributed by atoms with E-state index < -0.39 is 12.3 Å². The van der Waals surface area contributed by atoms with E-state index in [4.69, 9.17) is 4.74 Å². The van der Waals surface area contributed by atoms with Gasteiger partial charge < -0.3 is 25.5 Å². The maximum absolute atomic E-state index is 12.4. The number of rotatable bonds is 13. The monoisotopic (exact) mass is 540 g/mol. The van der Waals surface area contributed by atoms with Crippen LogP contribution in [0.15, 0.2) is 47.9 Å². The quantitative estimate of drug-likeness (QED) is 0.286. The van der Waals surface area contributed by atoms with Crippen molar-refractivity contribution >= 4 is 23.2 Å². The molecule has 0 saturated heterocycles. The summed E-state index contributed by atoms with van der Waals surface area (Å²) in [5.74, 6) is -0.619. The maximum atomic E-state index is 12.4. The Bertz CT molecular complexity index is 1140. The molecule has 0 spiro atoms. The summed E-state index contributed by atoms with van der Waals surface area (Å²) in [4.78, 5) is 24.2. The number of nitrogens with zero attached hydrogens (tertiary/aromatic N) is 2. The molecule has 1 aromatic heterocycles. The zero-order valence-corrected chi connectivity index (χ0v) is 20.8. The highest BCUT2D eigenvalue weighted by Crippen LogP contribution is 2.23. The van der Waals surface area contributed by atoms with Crippen molar-refractivity contribution in [3.05, 3.63) is 63.5 Å². The van der Waals surface area contributed by atoms with E-state index in [-0.39, 0.29) is 18.1 Å². The zero-order valence-electron chi connectivity index (χ0n) is 20.0. The van der Waals surface area contributed by atoms with Gasteiger partial charge in [0, 0.05) is 25.8 Å². The smallest absolute Gasteiger partial charge is 0.406 e. The molecule has 1 aliphatic rings. The molecule has 0 bridgehead atoms. The Morgan fingerprint density at radius 3 is 2.65 bits per heavy atom. The molecule has 2 aromatic rings. The van der Waals surface area contributed by atoms with Crippen molar-refractivity contribution in [2.45, 2.75) is 38.5 Å². The van der Waals surface area contributed by atoms with Crippen LogP contribution >= 0.6 is 11.3 Å². The lowest BCUT2D eigenvalue weighted by Gasteiger charge is -2.20. The van der Waals surface area contributed by atoms with Crippen molar-refractivity contribution in [2.24, 2.45) is 0 Å². The van der Waals surface area contributed by atoms with E-state index in [1.807, 2.05) is 6.08 Å². The van der Waals surface area contributed by atoms with E-state index in [0.717, 1.165) is 30.0 Å². The van der Waals surface area contributed by atoms with Crippen molar-refractivity contribution in [1.29, 1.82) is 0 Å². The number of methoxy groups -OCH3 is 1. The van der Waals surface area contributed by atoms with Crippen LogP contribution in [0.2, 0.25) is 0 Å². The van der Waals surface area contributed by atoms with Crippen molar-refractivity contribution < 1.29 is 32.2 Å². The van der Waals surface area contributed by atoms with Gasteiger partial charge in [-0.15, -0.1) is 23.4 Å². The molecule has 0 radical (unpaired) electrons. The molecule has 4 N–H and O–H groups in total. The number of unbranched alkanes of at least 4 members (excludes halogenated alkanes) is 1. The number of ether oxygens (including phenoxy) is 2. The average molecular weight is 541 g/mol. The van der Waals surface area contributed by atoms with Gasteiger partial charge >= 0.3 is 6.36 Å². The molecule has 0 atom stereocenters. The molecule has 0 unspecified atom stereocenters.